The number of anilines is 3. The minimum absolute atomic E-state index is 0.0141. The van der Waals surface area contributed by atoms with E-state index in [9.17, 15) is 9.59 Å². The number of nitrogens with zero attached hydrogens (tertiary/aromatic N) is 2. The van der Waals surface area contributed by atoms with Crippen LogP contribution < -0.4 is 15.5 Å². The molecule has 1 unspecified atom stereocenters. The Hall–Kier alpha value is -2.83. The van der Waals surface area contributed by atoms with E-state index in [0.717, 1.165) is 55.1 Å². The van der Waals surface area contributed by atoms with Gasteiger partial charge in [0.2, 0.25) is 11.8 Å². The van der Waals surface area contributed by atoms with Gasteiger partial charge in [0, 0.05) is 49.0 Å². The van der Waals surface area contributed by atoms with Crippen LogP contribution in [0.1, 0.15) is 59.1 Å². The first kappa shape index (κ1) is 27.8. The van der Waals surface area contributed by atoms with Crippen molar-refractivity contribution in [2.75, 3.05) is 35.2 Å². The van der Waals surface area contributed by atoms with Gasteiger partial charge in [0.05, 0.1) is 16.8 Å². The van der Waals surface area contributed by atoms with Crippen molar-refractivity contribution in [3.63, 3.8) is 0 Å². The number of piperazine rings is 1. The Balaban J connectivity index is 0.00000176. The largest absolute Gasteiger partial charge is 0.365 e. The van der Waals surface area contributed by atoms with Gasteiger partial charge in [-0.3, -0.25) is 14.5 Å². The summed E-state index contributed by atoms with van der Waals surface area (Å²) in [6, 6.07) is 14.0. The Morgan fingerprint density at radius 1 is 1.14 bits per heavy atom. The van der Waals surface area contributed by atoms with E-state index >= 15 is 0 Å². The summed E-state index contributed by atoms with van der Waals surface area (Å²) in [5.41, 5.74) is 3.68. The lowest BCUT2D eigenvalue weighted by atomic mass is 10.0. The molecule has 7 heteroatoms. The van der Waals surface area contributed by atoms with Crippen LogP contribution >= 0.6 is 11.6 Å². The molecule has 0 spiro atoms. The maximum absolute atomic E-state index is 12.4. The van der Waals surface area contributed by atoms with Crippen LogP contribution in [0.4, 0.5) is 17.1 Å². The number of rotatable bonds is 6. The second-order valence-corrected chi connectivity index (χ2v) is 9.49. The Kier molecular flexibility index (Phi) is 9.97. The predicted octanol–water partition coefficient (Wildman–Crippen LogP) is 6.50. The van der Waals surface area contributed by atoms with Gasteiger partial charge in [-0.15, -0.1) is 0 Å². The number of halogens is 1. The Labute approximate surface area is 220 Å². The van der Waals surface area contributed by atoms with E-state index in [-0.39, 0.29) is 29.8 Å². The van der Waals surface area contributed by atoms with E-state index < -0.39 is 0 Å². The third-order valence-electron chi connectivity index (χ3n) is 6.90. The second-order valence-electron chi connectivity index (χ2n) is 9.09. The summed E-state index contributed by atoms with van der Waals surface area (Å²) in [6.45, 7) is 12.7. The Bertz CT molecular complexity index is 1080. The third-order valence-corrected chi connectivity index (χ3v) is 7.20. The molecule has 2 aliphatic heterocycles. The summed E-state index contributed by atoms with van der Waals surface area (Å²) in [4.78, 5) is 29.3. The average molecular weight is 511 g/mol. The summed E-state index contributed by atoms with van der Waals surface area (Å²) in [7, 11) is 0. The fourth-order valence-corrected chi connectivity index (χ4v) is 5.25. The molecule has 194 valence electrons. The monoisotopic (exact) mass is 510 g/mol. The van der Waals surface area contributed by atoms with Crippen LogP contribution in [-0.2, 0) is 9.59 Å². The van der Waals surface area contributed by atoms with Gasteiger partial charge in [-0.2, -0.15) is 0 Å². The molecule has 0 radical (unpaired) electrons. The first-order valence-corrected chi connectivity index (χ1v) is 13.5. The molecule has 4 rings (SSSR count). The van der Waals surface area contributed by atoms with Crippen molar-refractivity contribution in [1.29, 1.82) is 0 Å². The maximum Gasteiger partial charge on any atom is 0.248 e. The molecule has 2 heterocycles. The quantitative estimate of drug-likeness (QED) is 0.465. The number of hydrogen-bond donors (Lipinski definition) is 2. The van der Waals surface area contributed by atoms with Gasteiger partial charge in [-0.1, -0.05) is 63.6 Å². The van der Waals surface area contributed by atoms with Crippen molar-refractivity contribution in [3.8, 4) is 0 Å². The number of para-hydroxylation sites is 1. The molecular formula is C29H39ClN4O2. The molecule has 0 aliphatic carbocycles. The molecule has 2 aromatic carbocycles. The van der Waals surface area contributed by atoms with E-state index in [1.807, 2.05) is 70.2 Å². The van der Waals surface area contributed by atoms with Gasteiger partial charge >= 0.3 is 0 Å². The molecule has 2 aliphatic rings. The molecule has 0 bridgehead atoms. The zero-order valence-corrected chi connectivity index (χ0v) is 22.8. The normalized spacial score (nSPS) is 19.6. The zero-order valence-electron chi connectivity index (χ0n) is 22.1. The Morgan fingerprint density at radius 2 is 1.86 bits per heavy atom. The van der Waals surface area contributed by atoms with Crippen molar-refractivity contribution in [1.82, 2.24) is 4.90 Å². The van der Waals surface area contributed by atoms with Crippen molar-refractivity contribution in [2.45, 2.75) is 59.5 Å². The highest BCUT2D eigenvalue weighted by Gasteiger charge is 2.31. The predicted molar refractivity (Wildman–Crippen MR) is 151 cm³/mol. The molecule has 1 saturated heterocycles. The summed E-state index contributed by atoms with van der Waals surface area (Å²) < 4.78 is 0. The SMILES string of the molecule is CC.CCC(CC)C(=O)Nc1ccc(N2CCN(C3C=CC(=O)Nc4ccccc43)C[C@H]2C)c(Cl)c1. The van der Waals surface area contributed by atoms with Crippen molar-refractivity contribution in [3.05, 3.63) is 65.2 Å². The standard InChI is InChI=1S/C27H33ClN4O2.C2H6/c1-4-19(5-2)27(34)29-20-10-11-25(22(28)16-20)32-15-14-31(17-18(32)3)24-12-13-26(33)30-23-9-7-6-8-21(23)24;1-2/h6-13,16,18-19,24H,4-5,14-15,17H2,1-3H3,(H,29,34)(H,30,33);1-2H3/t18-,24?;/m1./s1. The topological polar surface area (TPSA) is 64.7 Å². The smallest absolute Gasteiger partial charge is 0.248 e. The van der Waals surface area contributed by atoms with Crippen LogP contribution in [0.15, 0.2) is 54.6 Å². The minimum atomic E-state index is -0.0928. The highest BCUT2D eigenvalue weighted by atomic mass is 35.5. The van der Waals surface area contributed by atoms with E-state index in [2.05, 4.69) is 33.4 Å². The fraction of sp³-hybridized carbons (Fsp3) is 0.448. The average Bonchev–Trinajstić information content (AvgIpc) is 3.04. The van der Waals surface area contributed by atoms with Gasteiger partial charge in [0.25, 0.3) is 0 Å². The molecule has 0 aromatic heterocycles. The fourth-order valence-electron chi connectivity index (χ4n) is 4.96. The number of hydrogen-bond acceptors (Lipinski definition) is 4. The lowest BCUT2D eigenvalue weighted by molar-refractivity contribution is -0.120. The van der Waals surface area contributed by atoms with Crippen molar-refractivity contribution < 1.29 is 9.59 Å². The van der Waals surface area contributed by atoms with E-state index in [4.69, 9.17) is 11.6 Å². The third kappa shape index (κ3) is 6.29. The van der Waals surface area contributed by atoms with Crippen LogP contribution in [-0.4, -0.2) is 42.4 Å². The first-order chi connectivity index (χ1) is 17.4. The number of benzene rings is 2. The molecule has 2 aromatic rings. The lowest BCUT2D eigenvalue weighted by Crippen LogP contribution is -2.52. The number of nitrogens with one attached hydrogen (secondary N) is 2. The van der Waals surface area contributed by atoms with Crippen LogP contribution in [0.3, 0.4) is 0 Å². The molecule has 2 atom stereocenters. The van der Waals surface area contributed by atoms with Gasteiger partial charge < -0.3 is 15.5 Å². The summed E-state index contributed by atoms with van der Waals surface area (Å²) in [5.74, 6) is -0.0366. The number of fused-ring (bicyclic) bond motifs is 1. The van der Waals surface area contributed by atoms with Crippen LogP contribution in [0, 0.1) is 5.92 Å². The van der Waals surface area contributed by atoms with Crippen molar-refractivity contribution >= 4 is 40.5 Å². The van der Waals surface area contributed by atoms with E-state index in [0.29, 0.717) is 5.02 Å². The number of carbonyl (C=O) groups excluding carboxylic acids is 2. The molecule has 2 N–H and O–H groups in total. The Morgan fingerprint density at radius 3 is 2.53 bits per heavy atom. The molecule has 1 fully saturated rings. The highest BCUT2D eigenvalue weighted by Crippen LogP contribution is 2.36. The van der Waals surface area contributed by atoms with Crippen molar-refractivity contribution in [2.24, 2.45) is 5.92 Å². The molecule has 6 nitrogen and oxygen atoms in total. The van der Waals surface area contributed by atoms with Gasteiger partial charge in [-0.25, -0.2) is 0 Å². The zero-order chi connectivity index (χ0) is 26.2. The summed E-state index contributed by atoms with van der Waals surface area (Å²) in [6.07, 6.45) is 5.27. The summed E-state index contributed by atoms with van der Waals surface area (Å²) >= 11 is 6.68. The lowest BCUT2D eigenvalue weighted by Gasteiger charge is -2.44. The second kappa shape index (κ2) is 12.9. The molecule has 36 heavy (non-hydrogen) atoms. The highest BCUT2D eigenvalue weighted by molar-refractivity contribution is 6.33. The van der Waals surface area contributed by atoms with E-state index in [1.54, 1.807) is 6.08 Å². The van der Waals surface area contributed by atoms with Gasteiger partial charge in [0.15, 0.2) is 0 Å². The van der Waals surface area contributed by atoms with Gasteiger partial charge in [-0.05, 0) is 49.6 Å². The van der Waals surface area contributed by atoms with E-state index in [1.165, 1.54) is 0 Å². The van der Waals surface area contributed by atoms with Gasteiger partial charge in [0.1, 0.15) is 0 Å². The molecular weight excluding hydrogens is 472 g/mol. The molecule has 2 amide bonds. The van der Waals surface area contributed by atoms with Crippen LogP contribution in [0.5, 0.6) is 0 Å². The first-order valence-electron chi connectivity index (χ1n) is 13.1. The van der Waals surface area contributed by atoms with Crippen LogP contribution in [0.25, 0.3) is 0 Å². The molecule has 0 saturated carbocycles. The van der Waals surface area contributed by atoms with Crippen LogP contribution in [0.2, 0.25) is 5.02 Å². The summed E-state index contributed by atoms with van der Waals surface area (Å²) in [5, 5.41) is 6.61. The minimum Gasteiger partial charge on any atom is -0.365 e. The number of amides is 2. The number of carbonyl (C=O) groups is 2. The maximum atomic E-state index is 12.4.